The number of aromatic nitrogens is 2. The summed E-state index contributed by atoms with van der Waals surface area (Å²) >= 11 is 0. The van der Waals surface area contributed by atoms with Crippen LogP contribution in [0.15, 0.2) is 30.3 Å². The number of hydrogen-bond acceptors (Lipinski definition) is 4. The summed E-state index contributed by atoms with van der Waals surface area (Å²) in [5, 5.41) is 10.1. The van der Waals surface area contributed by atoms with Gasteiger partial charge in [0.05, 0.1) is 5.54 Å². The van der Waals surface area contributed by atoms with E-state index in [1.165, 1.54) is 7.11 Å². The fourth-order valence-electron chi connectivity index (χ4n) is 2.87. The summed E-state index contributed by atoms with van der Waals surface area (Å²) < 4.78 is 6.75. The minimum Gasteiger partial charge on any atom is -0.375 e. The van der Waals surface area contributed by atoms with Gasteiger partial charge in [0.1, 0.15) is 6.61 Å². The molecule has 27 heavy (non-hydrogen) atoms. The molecule has 1 aliphatic rings. The van der Waals surface area contributed by atoms with Crippen molar-refractivity contribution in [1.29, 1.82) is 0 Å². The second-order valence-electron chi connectivity index (χ2n) is 7.82. The first kappa shape index (κ1) is 19.1. The average Bonchev–Trinajstić information content (AvgIpc) is 3.33. The maximum absolute atomic E-state index is 12.6. The van der Waals surface area contributed by atoms with Crippen molar-refractivity contribution in [1.82, 2.24) is 9.78 Å². The molecule has 1 aromatic carbocycles. The highest BCUT2D eigenvalue weighted by Crippen LogP contribution is 2.41. The number of ether oxygens (including phenoxy) is 1. The maximum Gasteiger partial charge on any atom is 0.276 e. The van der Waals surface area contributed by atoms with Gasteiger partial charge in [0, 0.05) is 30.1 Å². The molecule has 1 aliphatic carbocycles. The van der Waals surface area contributed by atoms with Crippen LogP contribution in [-0.2, 0) is 15.1 Å². The van der Waals surface area contributed by atoms with E-state index in [2.05, 4.69) is 36.5 Å². The lowest BCUT2D eigenvalue weighted by atomic mass is 10.1. The standard InChI is InChI=1S/C20H26N4O3/c1-20(2,3)24-17(13-5-6-13)11-16(23-24)19(26)22-15-9-7-14(8-10-15)21-18(25)12-27-4/h7-11,13H,5-6,12H2,1-4H3,(H,21,25)(H,22,26). The van der Waals surface area contributed by atoms with Crippen LogP contribution in [0, 0.1) is 0 Å². The summed E-state index contributed by atoms with van der Waals surface area (Å²) in [6.07, 6.45) is 2.30. The molecule has 7 nitrogen and oxygen atoms in total. The van der Waals surface area contributed by atoms with Gasteiger partial charge in [-0.1, -0.05) is 0 Å². The molecule has 0 unspecified atom stereocenters. The fourth-order valence-corrected chi connectivity index (χ4v) is 2.87. The molecule has 2 aromatic rings. The van der Waals surface area contributed by atoms with Crippen molar-refractivity contribution in [2.45, 2.75) is 45.1 Å². The monoisotopic (exact) mass is 370 g/mol. The maximum atomic E-state index is 12.6. The summed E-state index contributed by atoms with van der Waals surface area (Å²) in [4.78, 5) is 24.1. The van der Waals surface area contributed by atoms with Crippen LogP contribution in [0.4, 0.5) is 11.4 Å². The summed E-state index contributed by atoms with van der Waals surface area (Å²) in [5.74, 6) is 0.0407. The topological polar surface area (TPSA) is 85.3 Å². The molecule has 2 amide bonds. The zero-order valence-corrected chi connectivity index (χ0v) is 16.2. The number of methoxy groups -OCH3 is 1. The van der Waals surface area contributed by atoms with E-state index in [9.17, 15) is 9.59 Å². The third-order valence-electron chi connectivity index (χ3n) is 4.30. The van der Waals surface area contributed by atoms with E-state index >= 15 is 0 Å². The van der Waals surface area contributed by atoms with Gasteiger partial charge >= 0.3 is 0 Å². The van der Waals surface area contributed by atoms with Crippen molar-refractivity contribution in [2.75, 3.05) is 24.4 Å². The molecule has 1 saturated carbocycles. The fraction of sp³-hybridized carbons (Fsp3) is 0.450. The zero-order valence-electron chi connectivity index (χ0n) is 16.2. The van der Waals surface area contributed by atoms with E-state index < -0.39 is 0 Å². The highest BCUT2D eigenvalue weighted by Gasteiger charge is 2.32. The number of benzene rings is 1. The van der Waals surface area contributed by atoms with E-state index in [4.69, 9.17) is 4.74 Å². The number of carbonyl (C=O) groups is 2. The van der Waals surface area contributed by atoms with Crippen molar-refractivity contribution >= 4 is 23.2 Å². The Labute approximate surface area is 159 Å². The molecule has 0 bridgehead atoms. The van der Waals surface area contributed by atoms with Crippen molar-refractivity contribution in [3.63, 3.8) is 0 Å². The van der Waals surface area contributed by atoms with Crippen LogP contribution in [0.1, 0.15) is 55.7 Å². The highest BCUT2D eigenvalue weighted by atomic mass is 16.5. The number of rotatable bonds is 6. The van der Waals surface area contributed by atoms with Gasteiger partial charge in [-0.15, -0.1) is 0 Å². The van der Waals surface area contributed by atoms with Gasteiger partial charge in [0.2, 0.25) is 5.91 Å². The summed E-state index contributed by atoms with van der Waals surface area (Å²) in [5.41, 5.74) is 2.66. The molecule has 0 atom stereocenters. The molecule has 0 aliphatic heterocycles. The Morgan fingerprint density at radius 1 is 1.15 bits per heavy atom. The van der Waals surface area contributed by atoms with Crippen molar-refractivity contribution in [3.8, 4) is 0 Å². The van der Waals surface area contributed by atoms with Gasteiger partial charge in [0.25, 0.3) is 5.91 Å². The predicted molar refractivity (Wildman–Crippen MR) is 104 cm³/mol. The first-order chi connectivity index (χ1) is 12.8. The lowest BCUT2D eigenvalue weighted by molar-refractivity contribution is -0.119. The summed E-state index contributed by atoms with van der Waals surface area (Å²) in [6.45, 7) is 6.26. The number of nitrogens with zero attached hydrogens (tertiary/aromatic N) is 2. The molecule has 1 aromatic heterocycles. The lowest BCUT2D eigenvalue weighted by Crippen LogP contribution is -2.25. The van der Waals surface area contributed by atoms with E-state index in [1.807, 2.05) is 10.7 Å². The minimum absolute atomic E-state index is 0.00174. The highest BCUT2D eigenvalue weighted by molar-refractivity contribution is 6.03. The minimum atomic E-state index is -0.240. The van der Waals surface area contributed by atoms with E-state index in [0.717, 1.165) is 18.5 Å². The summed E-state index contributed by atoms with van der Waals surface area (Å²) in [7, 11) is 1.47. The molecule has 7 heteroatoms. The van der Waals surface area contributed by atoms with Crippen LogP contribution < -0.4 is 10.6 Å². The first-order valence-electron chi connectivity index (χ1n) is 9.08. The molecule has 1 heterocycles. The van der Waals surface area contributed by atoms with Gasteiger partial charge in [-0.2, -0.15) is 5.10 Å². The Kier molecular flexibility index (Phi) is 5.32. The SMILES string of the molecule is COCC(=O)Nc1ccc(NC(=O)c2cc(C3CC3)n(C(C)(C)C)n2)cc1. The van der Waals surface area contributed by atoms with Crippen molar-refractivity contribution < 1.29 is 14.3 Å². The summed E-state index contributed by atoms with van der Waals surface area (Å²) in [6, 6.07) is 8.84. The predicted octanol–water partition coefficient (Wildman–Crippen LogP) is 3.35. The number of anilines is 2. The normalized spacial score (nSPS) is 14.1. The van der Waals surface area contributed by atoms with Crippen LogP contribution in [-0.4, -0.2) is 35.3 Å². The number of carbonyl (C=O) groups excluding carboxylic acids is 2. The van der Waals surface area contributed by atoms with E-state index in [1.54, 1.807) is 24.3 Å². The molecule has 0 spiro atoms. The Morgan fingerprint density at radius 2 is 1.74 bits per heavy atom. The van der Waals surface area contributed by atoms with Gasteiger partial charge in [-0.25, -0.2) is 0 Å². The molecular weight excluding hydrogens is 344 g/mol. The van der Waals surface area contributed by atoms with Crippen LogP contribution >= 0.6 is 0 Å². The van der Waals surface area contributed by atoms with Gasteiger partial charge < -0.3 is 15.4 Å². The van der Waals surface area contributed by atoms with E-state index in [-0.39, 0.29) is 24.0 Å². The molecule has 0 saturated heterocycles. The molecule has 1 fully saturated rings. The Bertz CT molecular complexity index is 830. The number of amides is 2. The van der Waals surface area contributed by atoms with Crippen LogP contribution in [0.3, 0.4) is 0 Å². The Hall–Kier alpha value is -2.67. The van der Waals surface area contributed by atoms with E-state index in [0.29, 0.717) is 23.0 Å². The van der Waals surface area contributed by atoms with Crippen LogP contribution in [0.25, 0.3) is 0 Å². The molecular formula is C20H26N4O3. The molecule has 0 radical (unpaired) electrons. The third kappa shape index (κ3) is 4.74. The van der Waals surface area contributed by atoms with Gasteiger partial charge in [0.15, 0.2) is 5.69 Å². The molecule has 144 valence electrons. The van der Waals surface area contributed by atoms with Crippen LogP contribution in [0.5, 0.6) is 0 Å². The lowest BCUT2D eigenvalue weighted by Gasteiger charge is -2.22. The number of hydrogen-bond donors (Lipinski definition) is 2. The largest absolute Gasteiger partial charge is 0.375 e. The van der Waals surface area contributed by atoms with Gasteiger partial charge in [-0.05, 0) is 63.9 Å². The molecule has 3 rings (SSSR count). The Balaban J connectivity index is 1.69. The van der Waals surface area contributed by atoms with Crippen molar-refractivity contribution in [2.24, 2.45) is 0 Å². The molecule has 2 N–H and O–H groups in total. The quantitative estimate of drug-likeness (QED) is 0.816. The van der Waals surface area contributed by atoms with Crippen LogP contribution in [0.2, 0.25) is 0 Å². The average molecular weight is 370 g/mol. The number of nitrogens with one attached hydrogen (secondary N) is 2. The smallest absolute Gasteiger partial charge is 0.276 e. The van der Waals surface area contributed by atoms with Crippen molar-refractivity contribution in [3.05, 3.63) is 41.7 Å². The van der Waals surface area contributed by atoms with Gasteiger partial charge in [-0.3, -0.25) is 14.3 Å². The second kappa shape index (κ2) is 7.52. The first-order valence-corrected chi connectivity index (χ1v) is 9.08. The zero-order chi connectivity index (χ0) is 19.6. The third-order valence-corrected chi connectivity index (χ3v) is 4.30. The Morgan fingerprint density at radius 3 is 2.26 bits per heavy atom. The second-order valence-corrected chi connectivity index (χ2v) is 7.82.